The van der Waals surface area contributed by atoms with Crippen molar-refractivity contribution in [3.63, 3.8) is 0 Å². The van der Waals surface area contributed by atoms with Crippen molar-refractivity contribution in [3.8, 4) is 16.9 Å². The number of aryl methyl sites for hydroxylation is 1. The van der Waals surface area contributed by atoms with Gasteiger partial charge < -0.3 is 4.74 Å². The lowest BCUT2D eigenvalue weighted by Gasteiger charge is -2.20. The van der Waals surface area contributed by atoms with Crippen LogP contribution >= 0.6 is 0 Å². The zero-order valence-corrected chi connectivity index (χ0v) is 14.5. The summed E-state index contributed by atoms with van der Waals surface area (Å²) >= 11 is 0. The molecule has 1 nitrogen and oxygen atoms in total. The summed E-state index contributed by atoms with van der Waals surface area (Å²) in [7, 11) is 0. The van der Waals surface area contributed by atoms with Gasteiger partial charge in [-0.15, -0.1) is 0 Å². The molecule has 30 heavy (non-hydrogen) atoms. The minimum atomic E-state index is -4.71. The Balaban J connectivity index is 0.00000320. The molecule has 0 amide bonds. The molecule has 3 rings (SSSR count). The molecule has 0 saturated carbocycles. The zero-order chi connectivity index (χ0) is 21.5. The van der Waals surface area contributed by atoms with E-state index in [2.05, 4.69) is 4.74 Å². The van der Waals surface area contributed by atoms with E-state index in [0.29, 0.717) is 17.7 Å². The Labute approximate surface area is 166 Å². The molecule has 3 aromatic carbocycles. The maximum atomic E-state index is 14.3. The molecule has 160 valence electrons. The molecule has 0 spiro atoms. The van der Waals surface area contributed by atoms with E-state index >= 15 is 0 Å². The van der Waals surface area contributed by atoms with Gasteiger partial charge in [0.2, 0.25) is 0 Å². The quantitative estimate of drug-likeness (QED) is 0.310. The molecule has 0 aliphatic rings. The Morgan fingerprint density at radius 1 is 0.700 bits per heavy atom. The minimum absolute atomic E-state index is 0. The average molecular weight is 434 g/mol. The second kappa shape index (κ2) is 8.33. The topological polar surface area (TPSA) is 9.23 Å². The van der Waals surface area contributed by atoms with Crippen LogP contribution in [-0.4, -0.2) is 0 Å². The second-order valence-electron chi connectivity index (χ2n) is 6.12. The van der Waals surface area contributed by atoms with Crippen molar-refractivity contribution in [1.82, 2.24) is 0 Å². The van der Waals surface area contributed by atoms with Gasteiger partial charge in [0.25, 0.3) is 0 Å². The molecule has 0 atom stereocenters. The highest BCUT2D eigenvalue weighted by Crippen LogP contribution is 2.38. The molecule has 0 fully saturated rings. The van der Waals surface area contributed by atoms with Gasteiger partial charge >= 0.3 is 6.11 Å². The Hall–Kier alpha value is -3.10. The number of benzene rings is 3. The lowest BCUT2D eigenvalue weighted by molar-refractivity contribution is -0.189. The zero-order valence-electron chi connectivity index (χ0n) is 14.5. The van der Waals surface area contributed by atoms with E-state index in [-0.39, 0.29) is 30.7 Å². The van der Waals surface area contributed by atoms with Gasteiger partial charge in [0, 0.05) is 17.7 Å². The van der Waals surface area contributed by atoms with Crippen LogP contribution in [0.25, 0.3) is 11.1 Å². The fourth-order valence-corrected chi connectivity index (χ4v) is 2.65. The molecule has 3 aromatic rings. The van der Waals surface area contributed by atoms with Gasteiger partial charge in [0.15, 0.2) is 17.5 Å². The van der Waals surface area contributed by atoms with Crippen LogP contribution in [-0.2, 0) is 6.11 Å². The van der Waals surface area contributed by atoms with Crippen molar-refractivity contribution >= 4 is 0 Å². The van der Waals surface area contributed by atoms with Crippen molar-refractivity contribution in [2.75, 3.05) is 0 Å². The van der Waals surface area contributed by atoms with Crippen LogP contribution in [0.1, 0.15) is 18.6 Å². The molecule has 0 aromatic heterocycles. The molecule has 0 heterocycles. The van der Waals surface area contributed by atoms with Gasteiger partial charge in [-0.05, 0) is 36.2 Å². The Kier molecular flexibility index (Phi) is 6.44. The SMILES string of the molecule is C.Cc1ccc(-c2cc(F)c(C(F)(F)Oc3cc(F)c(F)c(F)c3)c(F)c2)c(F)c1. The Morgan fingerprint density at radius 3 is 1.73 bits per heavy atom. The summed E-state index contributed by atoms with van der Waals surface area (Å²) in [5.74, 6) is -11.2. The molecular formula is C21H14F8O. The molecule has 0 radical (unpaired) electrons. The van der Waals surface area contributed by atoms with Crippen molar-refractivity contribution in [3.05, 3.63) is 88.5 Å². The van der Waals surface area contributed by atoms with Crippen LogP contribution in [0.2, 0.25) is 0 Å². The van der Waals surface area contributed by atoms with Crippen LogP contribution in [0.3, 0.4) is 0 Å². The van der Waals surface area contributed by atoms with Gasteiger partial charge in [-0.2, -0.15) is 8.78 Å². The van der Waals surface area contributed by atoms with E-state index in [9.17, 15) is 35.1 Å². The highest BCUT2D eigenvalue weighted by Gasteiger charge is 2.41. The Morgan fingerprint density at radius 2 is 1.23 bits per heavy atom. The number of hydrogen-bond acceptors (Lipinski definition) is 1. The summed E-state index contributed by atoms with van der Waals surface area (Å²) < 4.78 is 114. The number of halogens is 8. The first-order chi connectivity index (χ1) is 13.5. The van der Waals surface area contributed by atoms with Crippen LogP contribution < -0.4 is 4.74 Å². The molecule has 0 saturated heterocycles. The van der Waals surface area contributed by atoms with E-state index in [1.54, 1.807) is 6.92 Å². The van der Waals surface area contributed by atoms with Gasteiger partial charge in [-0.25, -0.2) is 26.3 Å². The third kappa shape index (κ3) is 4.39. The fourth-order valence-electron chi connectivity index (χ4n) is 2.65. The molecule has 0 aliphatic heterocycles. The molecule has 0 unspecified atom stereocenters. The number of ether oxygens (including phenoxy) is 1. The summed E-state index contributed by atoms with van der Waals surface area (Å²) in [6, 6.07) is 4.89. The van der Waals surface area contributed by atoms with Crippen molar-refractivity contribution in [2.45, 2.75) is 20.5 Å². The van der Waals surface area contributed by atoms with Gasteiger partial charge in [-0.3, -0.25) is 0 Å². The Bertz CT molecular complexity index is 1050. The van der Waals surface area contributed by atoms with E-state index in [4.69, 9.17) is 0 Å². The summed E-state index contributed by atoms with van der Waals surface area (Å²) in [6.07, 6.45) is -4.71. The predicted molar refractivity (Wildman–Crippen MR) is 94.1 cm³/mol. The van der Waals surface area contributed by atoms with Gasteiger partial charge in [0.05, 0.1) is 0 Å². The van der Waals surface area contributed by atoms with Crippen LogP contribution in [0.15, 0.2) is 42.5 Å². The number of alkyl halides is 2. The summed E-state index contributed by atoms with van der Waals surface area (Å²) in [5.41, 5.74) is -1.91. The smallest absolute Gasteiger partial charge is 0.429 e. The molecule has 0 bridgehead atoms. The molecular weight excluding hydrogens is 420 g/mol. The summed E-state index contributed by atoms with van der Waals surface area (Å²) in [6.45, 7) is 1.58. The van der Waals surface area contributed by atoms with Crippen LogP contribution in [0.4, 0.5) is 35.1 Å². The van der Waals surface area contributed by atoms with E-state index in [0.717, 1.165) is 6.07 Å². The molecule has 0 N–H and O–H groups in total. The maximum absolute atomic E-state index is 14.3. The second-order valence-corrected chi connectivity index (χ2v) is 6.12. The lowest BCUT2D eigenvalue weighted by atomic mass is 10.0. The normalized spacial score (nSPS) is 11.2. The van der Waals surface area contributed by atoms with Crippen LogP contribution in [0, 0.1) is 41.8 Å². The first-order valence-electron chi connectivity index (χ1n) is 7.97. The third-order valence-electron chi connectivity index (χ3n) is 3.97. The third-order valence-corrected chi connectivity index (χ3v) is 3.97. The average Bonchev–Trinajstić information content (AvgIpc) is 2.58. The standard InChI is InChI=1S/C20H10F8O.CH4/c1-9-2-3-12(13(21)4-9)10-5-14(22)18(15(23)6-10)20(27,28)29-11-7-16(24)19(26)17(25)8-11;/h2-8H,1H3;1H4. The molecule has 0 aliphatic carbocycles. The number of rotatable bonds is 4. The first-order valence-corrected chi connectivity index (χ1v) is 7.97. The number of hydrogen-bond donors (Lipinski definition) is 0. The highest BCUT2D eigenvalue weighted by atomic mass is 19.3. The van der Waals surface area contributed by atoms with Crippen molar-refractivity contribution in [1.29, 1.82) is 0 Å². The predicted octanol–water partition coefficient (Wildman–Crippen LogP) is 7.26. The van der Waals surface area contributed by atoms with Crippen LogP contribution in [0.5, 0.6) is 5.75 Å². The fraction of sp³-hybridized carbons (Fsp3) is 0.143. The lowest BCUT2D eigenvalue weighted by Crippen LogP contribution is -2.25. The monoisotopic (exact) mass is 434 g/mol. The maximum Gasteiger partial charge on any atom is 0.432 e. The van der Waals surface area contributed by atoms with Crippen molar-refractivity contribution < 1.29 is 39.9 Å². The summed E-state index contributed by atoms with van der Waals surface area (Å²) in [5, 5.41) is 0. The highest BCUT2D eigenvalue weighted by molar-refractivity contribution is 5.65. The first kappa shape index (κ1) is 23.2. The molecule has 9 heteroatoms. The van der Waals surface area contributed by atoms with Gasteiger partial charge in [-0.1, -0.05) is 19.6 Å². The minimum Gasteiger partial charge on any atom is -0.429 e. The van der Waals surface area contributed by atoms with E-state index in [1.807, 2.05) is 0 Å². The largest absolute Gasteiger partial charge is 0.432 e. The summed E-state index contributed by atoms with van der Waals surface area (Å²) in [4.78, 5) is 0. The van der Waals surface area contributed by atoms with Gasteiger partial charge in [0.1, 0.15) is 28.8 Å². The van der Waals surface area contributed by atoms with E-state index in [1.165, 1.54) is 12.1 Å². The van der Waals surface area contributed by atoms with E-state index < -0.39 is 52.3 Å². The van der Waals surface area contributed by atoms with Crippen molar-refractivity contribution in [2.24, 2.45) is 0 Å².